The van der Waals surface area contributed by atoms with Crippen LogP contribution in [0.3, 0.4) is 0 Å². The molecule has 2 heterocycles. The Balaban J connectivity index is 1.65. The van der Waals surface area contributed by atoms with Gasteiger partial charge in [0.15, 0.2) is 0 Å². The molecule has 2 aliphatic heterocycles. The number of fused-ring (bicyclic) bond motifs is 2. The molecule has 142 valence electrons. The van der Waals surface area contributed by atoms with E-state index in [1.54, 1.807) is 36.4 Å². The Labute approximate surface area is 164 Å². The van der Waals surface area contributed by atoms with Crippen LogP contribution in [0, 0.1) is 11.3 Å². The standard InChI is InChI=1S/C22H22N4O2/c1-2-25-19-13-16(21(27)24-17-7-5-6-15(12-17)14-23)9-10-18(19)22(28)26-11-4-3-8-20(25)26/h5-7,9-10,12-13,20H,2-4,8,11H2,1H3,(H,24,27)/t20-/m0/s1. The van der Waals surface area contributed by atoms with Crippen molar-refractivity contribution in [2.75, 3.05) is 23.3 Å². The number of rotatable bonds is 3. The molecule has 0 aromatic heterocycles. The van der Waals surface area contributed by atoms with Gasteiger partial charge in [0.05, 0.1) is 22.9 Å². The van der Waals surface area contributed by atoms with Crippen LogP contribution in [0.15, 0.2) is 42.5 Å². The normalized spacial score (nSPS) is 18.1. The van der Waals surface area contributed by atoms with Gasteiger partial charge < -0.3 is 15.1 Å². The summed E-state index contributed by atoms with van der Waals surface area (Å²) in [5, 5.41) is 11.9. The van der Waals surface area contributed by atoms with Crippen LogP contribution in [0.2, 0.25) is 0 Å². The lowest BCUT2D eigenvalue weighted by atomic mass is 9.97. The van der Waals surface area contributed by atoms with Crippen LogP contribution in [0.1, 0.15) is 52.5 Å². The largest absolute Gasteiger partial charge is 0.351 e. The minimum Gasteiger partial charge on any atom is -0.351 e. The third kappa shape index (κ3) is 3.09. The van der Waals surface area contributed by atoms with Gasteiger partial charge in [-0.15, -0.1) is 0 Å². The quantitative estimate of drug-likeness (QED) is 0.890. The fraction of sp³-hybridized carbons (Fsp3) is 0.318. The molecule has 0 bridgehead atoms. The Morgan fingerprint density at radius 2 is 2.11 bits per heavy atom. The topological polar surface area (TPSA) is 76.4 Å². The molecule has 0 radical (unpaired) electrons. The van der Waals surface area contributed by atoms with E-state index in [9.17, 15) is 9.59 Å². The number of benzene rings is 2. The minimum atomic E-state index is -0.257. The van der Waals surface area contributed by atoms with Gasteiger partial charge in [0.2, 0.25) is 0 Å². The maximum atomic E-state index is 12.9. The first-order chi connectivity index (χ1) is 13.6. The number of piperidine rings is 1. The second-order valence-electron chi connectivity index (χ2n) is 7.14. The molecular weight excluding hydrogens is 352 g/mol. The third-order valence-corrected chi connectivity index (χ3v) is 5.48. The van der Waals surface area contributed by atoms with Crippen molar-refractivity contribution >= 4 is 23.2 Å². The van der Waals surface area contributed by atoms with Gasteiger partial charge in [-0.2, -0.15) is 5.26 Å². The molecule has 2 aromatic rings. The van der Waals surface area contributed by atoms with Crippen LogP contribution in [0.4, 0.5) is 11.4 Å². The summed E-state index contributed by atoms with van der Waals surface area (Å²) >= 11 is 0. The van der Waals surface area contributed by atoms with Gasteiger partial charge >= 0.3 is 0 Å². The number of hydrogen-bond donors (Lipinski definition) is 1. The Morgan fingerprint density at radius 1 is 1.25 bits per heavy atom. The van der Waals surface area contributed by atoms with Crippen molar-refractivity contribution in [1.29, 1.82) is 5.26 Å². The molecule has 0 unspecified atom stereocenters. The first-order valence-electron chi connectivity index (χ1n) is 9.65. The molecule has 6 nitrogen and oxygen atoms in total. The third-order valence-electron chi connectivity index (χ3n) is 5.48. The van der Waals surface area contributed by atoms with Gasteiger partial charge in [0.1, 0.15) is 6.17 Å². The molecule has 2 aliphatic rings. The number of anilines is 2. The molecule has 2 amide bonds. The van der Waals surface area contributed by atoms with Crippen molar-refractivity contribution in [2.24, 2.45) is 0 Å². The summed E-state index contributed by atoms with van der Waals surface area (Å²) < 4.78 is 0. The average molecular weight is 374 g/mol. The molecule has 6 heteroatoms. The van der Waals surface area contributed by atoms with E-state index in [0.29, 0.717) is 22.4 Å². The summed E-state index contributed by atoms with van der Waals surface area (Å²) in [7, 11) is 0. The summed E-state index contributed by atoms with van der Waals surface area (Å²) in [6.45, 7) is 3.64. The van der Waals surface area contributed by atoms with Gasteiger partial charge in [0.25, 0.3) is 11.8 Å². The lowest BCUT2D eigenvalue weighted by Crippen LogP contribution is -2.57. The Bertz CT molecular complexity index is 979. The van der Waals surface area contributed by atoms with Crippen LogP contribution >= 0.6 is 0 Å². The highest BCUT2D eigenvalue weighted by Gasteiger charge is 2.38. The van der Waals surface area contributed by atoms with Crippen LogP contribution in [-0.4, -0.2) is 36.0 Å². The molecule has 0 aliphatic carbocycles. The number of hydrogen-bond acceptors (Lipinski definition) is 4. The summed E-state index contributed by atoms with van der Waals surface area (Å²) in [6, 6.07) is 14.1. The van der Waals surface area contributed by atoms with Crippen molar-refractivity contribution in [2.45, 2.75) is 32.4 Å². The highest BCUT2D eigenvalue weighted by atomic mass is 16.2. The minimum absolute atomic E-state index is 0.0538. The second-order valence-corrected chi connectivity index (χ2v) is 7.14. The van der Waals surface area contributed by atoms with Gasteiger partial charge in [-0.3, -0.25) is 9.59 Å². The maximum Gasteiger partial charge on any atom is 0.257 e. The molecule has 28 heavy (non-hydrogen) atoms. The lowest BCUT2D eigenvalue weighted by Gasteiger charge is -2.47. The lowest BCUT2D eigenvalue weighted by molar-refractivity contribution is 0.0582. The summed E-state index contributed by atoms with van der Waals surface area (Å²) in [4.78, 5) is 29.9. The smallest absolute Gasteiger partial charge is 0.257 e. The first kappa shape index (κ1) is 18.1. The SMILES string of the molecule is CCN1c2cc(C(=O)Nc3cccc(C#N)c3)ccc2C(=O)N2CCCC[C@H]21. The maximum absolute atomic E-state index is 12.9. The van der Waals surface area contributed by atoms with Gasteiger partial charge in [-0.25, -0.2) is 0 Å². The molecule has 0 spiro atoms. The number of nitriles is 1. The monoisotopic (exact) mass is 374 g/mol. The molecule has 0 saturated carbocycles. The average Bonchev–Trinajstić information content (AvgIpc) is 2.74. The Morgan fingerprint density at radius 3 is 2.89 bits per heavy atom. The molecule has 4 rings (SSSR count). The van der Waals surface area contributed by atoms with Crippen LogP contribution in [0.5, 0.6) is 0 Å². The van der Waals surface area contributed by atoms with Crippen molar-refractivity contribution in [3.63, 3.8) is 0 Å². The molecular formula is C22H22N4O2. The van der Waals surface area contributed by atoms with E-state index in [-0.39, 0.29) is 18.0 Å². The zero-order valence-corrected chi connectivity index (χ0v) is 15.8. The Hall–Kier alpha value is -3.33. The number of nitrogens with zero attached hydrogens (tertiary/aromatic N) is 3. The van der Waals surface area contributed by atoms with Crippen LogP contribution in [0.25, 0.3) is 0 Å². The highest BCUT2D eigenvalue weighted by Crippen LogP contribution is 2.35. The molecule has 1 atom stereocenters. The predicted molar refractivity (Wildman–Crippen MR) is 107 cm³/mol. The van der Waals surface area contributed by atoms with E-state index in [1.807, 2.05) is 11.0 Å². The van der Waals surface area contributed by atoms with E-state index in [4.69, 9.17) is 5.26 Å². The second kappa shape index (κ2) is 7.35. The van der Waals surface area contributed by atoms with E-state index >= 15 is 0 Å². The van der Waals surface area contributed by atoms with E-state index < -0.39 is 0 Å². The van der Waals surface area contributed by atoms with Crippen molar-refractivity contribution < 1.29 is 9.59 Å². The number of amides is 2. The van der Waals surface area contributed by atoms with Gasteiger partial charge in [-0.1, -0.05) is 6.07 Å². The number of carbonyl (C=O) groups excluding carboxylic acids is 2. The van der Waals surface area contributed by atoms with Crippen molar-refractivity contribution in [3.8, 4) is 6.07 Å². The fourth-order valence-electron chi connectivity index (χ4n) is 4.13. The number of carbonyl (C=O) groups is 2. The molecule has 1 N–H and O–H groups in total. The van der Waals surface area contributed by atoms with E-state index in [0.717, 1.165) is 38.0 Å². The Kier molecular flexibility index (Phi) is 4.74. The highest BCUT2D eigenvalue weighted by molar-refractivity contribution is 6.08. The predicted octanol–water partition coefficient (Wildman–Crippen LogP) is 3.60. The summed E-state index contributed by atoms with van der Waals surface area (Å²) in [5.41, 5.74) is 3.04. The summed E-state index contributed by atoms with van der Waals surface area (Å²) in [5.74, 6) is -0.203. The van der Waals surface area contributed by atoms with Crippen molar-refractivity contribution in [1.82, 2.24) is 4.90 Å². The molecule has 2 aromatic carbocycles. The van der Waals surface area contributed by atoms with Crippen LogP contribution < -0.4 is 10.2 Å². The van der Waals surface area contributed by atoms with Crippen molar-refractivity contribution in [3.05, 3.63) is 59.2 Å². The van der Waals surface area contributed by atoms with E-state index in [1.165, 1.54) is 0 Å². The van der Waals surface area contributed by atoms with Crippen LogP contribution in [-0.2, 0) is 0 Å². The van der Waals surface area contributed by atoms with E-state index in [2.05, 4.69) is 23.2 Å². The summed E-state index contributed by atoms with van der Waals surface area (Å²) in [6.07, 6.45) is 3.17. The first-order valence-corrected chi connectivity index (χ1v) is 9.65. The zero-order chi connectivity index (χ0) is 19.7. The fourth-order valence-corrected chi connectivity index (χ4v) is 4.13. The van der Waals surface area contributed by atoms with Gasteiger partial charge in [0, 0.05) is 24.3 Å². The number of nitrogens with one attached hydrogen (secondary N) is 1. The molecule has 1 saturated heterocycles. The molecule has 1 fully saturated rings. The van der Waals surface area contributed by atoms with Gasteiger partial charge in [-0.05, 0) is 62.6 Å². The zero-order valence-electron chi connectivity index (χ0n) is 15.8.